The predicted octanol–water partition coefficient (Wildman–Crippen LogP) is 2.10. The Labute approximate surface area is 112 Å². The SMILES string of the molecule is CC1CCN(C2CCCCC2)CC(CCO)N1C. The first-order valence-electron chi connectivity index (χ1n) is 7.79. The summed E-state index contributed by atoms with van der Waals surface area (Å²) in [6.07, 6.45) is 9.24. The van der Waals surface area contributed by atoms with Gasteiger partial charge in [0.05, 0.1) is 0 Å². The largest absolute Gasteiger partial charge is 0.396 e. The minimum absolute atomic E-state index is 0.320. The Balaban J connectivity index is 1.98. The van der Waals surface area contributed by atoms with Crippen molar-refractivity contribution in [2.75, 3.05) is 26.7 Å². The van der Waals surface area contributed by atoms with Gasteiger partial charge in [0.2, 0.25) is 0 Å². The lowest BCUT2D eigenvalue weighted by Gasteiger charge is -2.36. The van der Waals surface area contributed by atoms with Gasteiger partial charge in [-0.25, -0.2) is 0 Å². The van der Waals surface area contributed by atoms with Crippen LogP contribution in [0.2, 0.25) is 0 Å². The van der Waals surface area contributed by atoms with E-state index in [0.29, 0.717) is 18.7 Å². The molecular formula is C15H30N2O. The number of rotatable bonds is 3. The Morgan fingerprint density at radius 2 is 1.83 bits per heavy atom. The highest BCUT2D eigenvalue weighted by molar-refractivity contribution is 4.86. The maximum atomic E-state index is 9.27. The molecule has 0 bridgehead atoms. The van der Waals surface area contributed by atoms with Crippen LogP contribution in [0, 0.1) is 0 Å². The fourth-order valence-corrected chi connectivity index (χ4v) is 3.63. The Kier molecular flexibility index (Phi) is 5.46. The van der Waals surface area contributed by atoms with Crippen molar-refractivity contribution in [1.82, 2.24) is 9.80 Å². The number of hydrogen-bond acceptors (Lipinski definition) is 3. The second-order valence-electron chi connectivity index (χ2n) is 6.26. The van der Waals surface area contributed by atoms with Crippen molar-refractivity contribution in [1.29, 1.82) is 0 Å². The number of nitrogens with zero attached hydrogens (tertiary/aromatic N) is 2. The summed E-state index contributed by atoms with van der Waals surface area (Å²) in [5.41, 5.74) is 0. The van der Waals surface area contributed by atoms with Crippen LogP contribution in [0.4, 0.5) is 0 Å². The molecule has 18 heavy (non-hydrogen) atoms. The molecule has 2 fully saturated rings. The number of hydrogen-bond donors (Lipinski definition) is 1. The van der Waals surface area contributed by atoms with Crippen LogP contribution < -0.4 is 0 Å². The Hall–Kier alpha value is -0.120. The molecule has 1 saturated heterocycles. The fraction of sp³-hybridized carbons (Fsp3) is 1.00. The van der Waals surface area contributed by atoms with Crippen LogP contribution >= 0.6 is 0 Å². The first-order valence-corrected chi connectivity index (χ1v) is 7.79. The van der Waals surface area contributed by atoms with Crippen LogP contribution in [0.5, 0.6) is 0 Å². The van der Waals surface area contributed by atoms with Gasteiger partial charge in [-0.15, -0.1) is 0 Å². The van der Waals surface area contributed by atoms with E-state index >= 15 is 0 Å². The van der Waals surface area contributed by atoms with E-state index in [2.05, 4.69) is 23.8 Å². The molecule has 1 heterocycles. The second-order valence-corrected chi connectivity index (χ2v) is 6.26. The molecule has 0 amide bonds. The molecule has 0 aromatic heterocycles. The molecule has 1 aliphatic heterocycles. The second kappa shape index (κ2) is 6.88. The molecule has 1 aliphatic carbocycles. The highest BCUT2D eigenvalue weighted by Crippen LogP contribution is 2.26. The molecular weight excluding hydrogens is 224 g/mol. The van der Waals surface area contributed by atoms with Gasteiger partial charge in [0, 0.05) is 31.3 Å². The van der Waals surface area contributed by atoms with Gasteiger partial charge in [0.1, 0.15) is 0 Å². The summed E-state index contributed by atoms with van der Waals surface area (Å²) in [6.45, 7) is 5.05. The van der Waals surface area contributed by atoms with Gasteiger partial charge in [-0.1, -0.05) is 19.3 Å². The van der Waals surface area contributed by atoms with Crippen molar-refractivity contribution < 1.29 is 5.11 Å². The lowest BCUT2D eigenvalue weighted by Crippen LogP contribution is -2.45. The number of likely N-dealkylation sites (N-methyl/N-ethyl adjacent to an activating group) is 1. The lowest BCUT2D eigenvalue weighted by atomic mass is 9.93. The highest BCUT2D eigenvalue weighted by Gasteiger charge is 2.30. The van der Waals surface area contributed by atoms with E-state index in [-0.39, 0.29) is 0 Å². The third kappa shape index (κ3) is 3.46. The van der Waals surface area contributed by atoms with Gasteiger partial charge in [-0.3, -0.25) is 9.80 Å². The summed E-state index contributed by atoms with van der Waals surface area (Å²) < 4.78 is 0. The van der Waals surface area contributed by atoms with Crippen LogP contribution in [0.15, 0.2) is 0 Å². The summed E-state index contributed by atoms with van der Waals surface area (Å²) in [4.78, 5) is 5.21. The number of aliphatic hydroxyl groups excluding tert-OH is 1. The van der Waals surface area contributed by atoms with Gasteiger partial charge in [0.15, 0.2) is 0 Å². The molecule has 2 atom stereocenters. The van der Waals surface area contributed by atoms with E-state index in [1.165, 1.54) is 45.1 Å². The van der Waals surface area contributed by atoms with Gasteiger partial charge in [-0.2, -0.15) is 0 Å². The molecule has 3 nitrogen and oxygen atoms in total. The Morgan fingerprint density at radius 1 is 1.11 bits per heavy atom. The monoisotopic (exact) mass is 254 g/mol. The van der Waals surface area contributed by atoms with Crippen molar-refractivity contribution in [3.63, 3.8) is 0 Å². The zero-order valence-electron chi connectivity index (χ0n) is 12.1. The van der Waals surface area contributed by atoms with E-state index in [0.717, 1.165) is 19.0 Å². The molecule has 1 N–H and O–H groups in total. The van der Waals surface area contributed by atoms with E-state index in [1.54, 1.807) is 0 Å². The molecule has 0 aromatic carbocycles. The Bertz CT molecular complexity index is 241. The smallest absolute Gasteiger partial charge is 0.0446 e. The molecule has 3 heteroatoms. The van der Waals surface area contributed by atoms with Gasteiger partial charge in [-0.05, 0) is 46.2 Å². The fourth-order valence-electron chi connectivity index (χ4n) is 3.63. The van der Waals surface area contributed by atoms with E-state index in [1.807, 2.05) is 0 Å². The van der Waals surface area contributed by atoms with E-state index in [4.69, 9.17) is 0 Å². The van der Waals surface area contributed by atoms with Crippen molar-refractivity contribution >= 4 is 0 Å². The van der Waals surface area contributed by atoms with Crippen LogP contribution in [-0.2, 0) is 0 Å². The maximum absolute atomic E-state index is 9.27. The molecule has 2 aliphatic rings. The minimum Gasteiger partial charge on any atom is -0.396 e. The lowest BCUT2D eigenvalue weighted by molar-refractivity contribution is 0.113. The first-order chi connectivity index (χ1) is 8.72. The maximum Gasteiger partial charge on any atom is 0.0446 e. The zero-order chi connectivity index (χ0) is 13.0. The van der Waals surface area contributed by atoms with Crippen LogP contribution in [-0.4, -0.2) is 59.8 Å². The quantitative estimate of drug-likeness (QED) is 0.835. The van der Waals surface area contributed by atoms with Crippen molar-refractivity contribution in [3.8, 4) is 0 Å². The average Bonchev–Trinajstić information content (AvgIpc) is 2.54. The van der Waals surface area contributed by atoms with Crippen LogP contribution in [0.25, 0.3) is 0 Å². The third-order valence-electron chi connectivity index (χ3n) is 5.10. The third-order valence-corrected chi connectivity index (χ3v) is 5.10. The highest BCUT2D eigenvalue weighted by atomic mass is 16.3. The Morgan fingerprint density at radius 3 is 2.50 bits per heavy atom. The molecule has 0 aromatic rings. The molecule has 106 valence electrons. The van der Waals surface area contributed by atoms with Gasteiger partial charge < -0.3 is 5.11 Å². The van der Waals surface area contributed by atoms with Gasteiger partial charge in [0.25, 0.3) is 0 Å². The number of aliphatic hydroxyl groups is 1. The normalized spacial score (nSPS) is 33.5. The van der Waals surface area contributed by atoms with Gasteiger partial charge >= 0.3 is 0 Å². The molecule has 2 unspecified atom stereocenters. The average molecular weight is 254 g/mol. The molecule has 1 saturated carbocycles. The molecule has 0 radical (unpaired) electrons. The zero-order valence-corrected chi connectivity index (χ0v) is 12.1. The topological polar surface area (TPSA) is 26.7 Å². The van der Waals surface area contributed by atoms with Crippen LogP contribution in [0.1, 0.15) is 51.9 Å². The standard InChI is InChI=1S/C15H30N2O/c1-13-8-10-17(14-6-4-3-5-7-14)12-15(9-11-18)16(13)2/h13-15,18H,3-12H2,1-2H3. The summed E-state index contributed by atoms with van der Waals surface area (Å²) in [5.74, 6) is 0. The summed E-state index contributed by atoms with van der Waals surface area (Å²) in [7, 11) is 2.23. The first kappa shape index (κ1) is 14.3. The van der Waals surface area contributed by atoms with Crippen molar-refractivity contribution in [2.45, 2.75) is 70.0 Å². The summed E-state index contributed by atoms with van der Waals surface area (Å²) >= 11 is 0. The molecule has 2 rings (SSSR count). The van der Waals surface area contributed by atoms with Crippen molar-refractivity contribution in [2.24, 2.45) is 0 Å². The van der Waals surface area contributed by atoms with E-state index < -0.39 is 0 Å². The predicted molar refractivity (Wildman–Crippen MR) is 75.8 cm³/mol. The molecule has 0 spiro atoms. The van der Waals surface area contributed by atoms with Crippen molar-refractivity contribution in [3.05, 3.63) is 0 Å². The summed E-state index contributed by atoms with van der Waals surface area (Å²) in [6, 6.07) is 2.00. The van der Waals surface area contributed by atoms with E-state index in [9.17, 15) is 5.11 Å². The minimum atomic E-state index is 0.320. The van der Waals surface area contributed by atoms with Crippen LogP contribution in [0.3, 0.4) is 0 Å². The summed E-state index contributed by atoms with van der Waals surface area (Å²) in [5, 5.41) is 9.27.